The summed E-state index contributed by atoms with van der Waals surface area (Å²) in [5.74, 6) is 0.182. The van der Waals surface area contributed by atoms with Crippen LogP contribution in [0, 0.1) is 0 Å². The Hall–Kier alpha value is -2.04. The zero-order valence-electron chi connectivity index (χ0n) is 15.3. The normalized spacial score (nSPS) is 15.3. The fourth-order valence-corrected chi connectivity index (χ4v) is 3.29. The second kappa shape index (κ2) is 9.06. The molecular formula is C16H26N4O5S. The lowest BCUT2D eigenvalue weighted by Crippen LogP contribution is -2.46. The third kappa shape index (κ3) is 5.75. The predicted octanol–water partition coefficient (Wildman–Crippen LogP) is -0.290. The van der Waals surface area contributed by atoms with Crippen molar-refractivity contribution in [2.45, 2.75) is 0 Å². The second-order valence-corrected chi connectivity index (χ2v) is 7.73. The van der Waals surface area contributed by atoms with Crippen molar-refractivity contribution in [1.82, 2.24) is 15.5 Å². The number of amides is 1. The largest absolute Gasteiger partial charge is 0.493 e. The molecule has 0 atom stereocenters. The van der Waals surface area contributed by atoms with Gasteiger partial charge in [-0.2, -0.15) is 0 Å². The second-order valence-electron chi connectivity index (χ2n) is 5.98. The third-order valence-corrected chi connectivity index (χ3v) is 4.55. The van der Waals surface area contributed by atoms with Gasteiger partial charge in [-0.1, -0.05) is 0 Å². The SMILES string of the molecule is COc1cc(C(=O)NCCN2CCNCC2)cc(NS(C)(=O)=O)c1OC. The van der Waals surface area contributed by atoms with Crippen LogP contribution in [0.3, 0.4) is 0 Å². The highest BCUT2D eigenvalue weighted by atomic mass is 32.2. The zero-order chi connectivity index (χ0) is 19.2. The van der Waals surface area contributed by atoms with Gasteiger partial charge in [0.1, 0.15) is 0 Å². The first-order valence-corrected chi connectivity index (χ1v) is 10.2. The number of nitrogens with zero attached hydrogens (tertiary/aromatic N) is 1. The molecule has 146 valence electrons. The van der Waals surface area contributed by atoms with E-state index in [1.54, 1.807) is 0 Å². The van der Waals surface area contributed by atoms with Crippen molar-refractivity contribution < 1.29 is 22.7 Å². The number of rotatable bonds is 8. The molecule has 1 saturated heterocycles. The number of methoxy groups -OCH3 is 2. The highest BCUT2D eigenvalue weighted by Gasteiger charge is 2.18. The zero-order valence-corrected chi connectivity index (χ0v) is 16.1. The number of ether oxygens (including phenoxy) is 2. The molecule has 3 N–H and O–H groups in total. The number of nitrogens with one attached hydrogen (secondary N) is 3. The first-order valence-electron chi connectivity index (χ1n) is 8.29. The molecule has 10 heteroatoms. The topological polar surface area (TPSA) is 109 Å². The molecule has 1 aromatic rings. The number of carbonyl (C=O) groups is 1. The smallest absolute Gasteiger partial charge is 0.251 e. The van der Waals surface area contributed by atoms with Crippen molar-refractivity contribution in [1.29, 1.82) is 0 Å². The molecule has 26 heavy (non-hydrogen) atoms. The van der Waals surface area contributed by atoms with Crippen LogP contribution in [0.4, 0.5) is 5.69 Å². The minimum atomic E-state index is -3.54. The van der Waals surface area contributed by atoms with E-state index in [0.717, 1.165) is 39.0 Å². The van der Waals surface area contributed by atoms with Crippen molar-refractivity contribution in [2.24, 2.45) is 0 Å². The fraction of sp³-hybridized carbons (Fsp3) is 0.562. The number of anilines is 1. The maximum atomic E-state index is 12.5. The van der Waals surface area contributed by atoms with Crippen molar-refractivity contribution >= 4 is 21.6 Å². The number of sulfonamides is 1. The number of hydrogen-bond acceptors (Lipinski definition) is 7. The molecular weight excluding hydrogens is 360 g/mol. The molecule has 0 aromatic heterocycles. The van der Waals surface area contributed by atoms with Crippen LogP contribution in [0.1, 0.15) is 10.4 Å². The van der Waals surface area contributed by atoms with E-state index >= 15 is 0 Å². The Morgan fingerprint density at radius 1 is 1.23 bits per heavy atom. The van der Waals surface area contributed by atoms with Gasteiger partial charge < -0.3 is 20.1 Å². The summed E-state index contributed by atoms with van der Waals surface area (Å²) in [5.41, 5.74) is 0.440. The van der Waals surface area contributed by atoms with Crippen LogP contribution in [0.15, 0.2) is 12.1 Å². The van der Waals surface area contributed by atoms with Gasteiger partial charge in [-0.25, -0.2) is 8.42 Å². The molecule has 0 radical (unpaired) electrons. The Bertz CT molecular complexity index is 732. The molecule has 1 aromatic carbocycles. The van der Waals surface area contributed by atoms with Crippen LogP contribution in [0.5, 0.6) is 11.5 Å². The summed E-state index contributed by atoms with van der Waals surface area (Å²) in [6.45, 7) is 5.06. The average molecular weight is 386 g/mol. The molecule has 0 spiro atoms. The summed E-state index contributed by atoms with van der Waals surface area (Å²) in [5, 5.41) is 6.13. The Morgan fingerprint density at radius 2 is 1.92 bits per heavy atom. The standard InChI is InChI=1S/C16H26N4O5S/c1-24-14-11-12(10-13(15(14)25-2)19-26(3,22)23)16(21)18-6-9-20-7-4-17-5-8-20/h10-11,17,19H,4-9H2,1-3H3,(H,18,21). The fourth-order valence-electron chi connectivity index (χ4n) is 2.74. The Kier molecular flexibility index (Phi) is 7.06. The third-order valence-electron chi connectivity index (χ3n) is 3.96. The maximum absolute atomic E-state index is 12.5. The highest BCUT2D eigenvalue weighted by molar-refractivity contribution is 7.92. The predicted molar refractivity (Wildman–Crippen MR) is 99.7 cm³/mol. The average Bonchev–Trinajstić information content (AvgIpc) is 2.60. The Morgan fingerprint density at radius 3 is 2.50 bits per heavy atom. The van der Waals surface area contributed by atoms with Gasteiger partial charge >= 0.3 is 0 Å². The van der Waals surface area contributed by atoms with Gasteiger partial charge in [0.2, 0.25) is 10.0 Å². The van der Waals surface area contributed by atoms with Crippen LogP contribution in [-0.2, 0) is 10.0 Å². The number of benzene rings is 1. The van der Waals surface area contributed by atoms with Crippen LogP contribution in [-0.4, -0.2) is 79.0 Å². The van der Waals surface area contributed by atoms with E-state index in [0.29, 0.717) is 6.54 Å². The summed E-state index contributed by atoms with van der Waals surface area (Å²) in [4.78, 5) is 14.7. The minimum absolute atomic E-state index is 0.154. The van der Waals surface area contributed by atoms with Gasteiger partial charge in [0, 0.05) is 44.8 Å². The van der Waals surface area contributed by atoms with E-state index in [-0.39, 0.29) is 28.7 Å². The lowest BCUT2D eigenvalue weighted by atomic mass is 10.1. The summed E-state index contributed by atoms with van der Waals surface area (Å²) >= 11 is 0. The van der Waals surface area contributed by atoms with E-state index in [9.17, 15) is 13.2 Å². The molecule has 1 heterocycles. The Labute approximate surface area is 154 Å². The molecule has 9 nitrogen and oxygen atoms in total. The van der Waals surface area contributed by atoms with Crippen molar-refractivity contribution in [2.75, 3.05) is 64.5 Å². The molecule has 0 bridgehead atoms. The van der Waals surface area contributed by atoms with Gasteiger partial charge in [0.05, 0.1) is 26.2 Å². The number of hydrogen-bond donors (Lipinski definition) is 3. The van der Waals surface area contributed by atoms with Crippen LogP contribution in [0.25, 0.3) is 0 Å². The summed E-state index contributed by atoms with van der Waals surface area (Å²) in [6.07, 6.45) is 1.03. The first kappa shape index (κ1) is 20.3. The molecule has 0 aliphatic carbocycles. The van der Waals surface area contributed by atoms with Crippen molar-refractivity contribution in [3.8, 4) is 11.5 Å². The van der Waals surface area contributed by atoms with Crippen LogP contribution in [0.2, 0.25) is 0 Å². The van der Waals surface area contributed by atoms with E-state index in [4.69, 9.17) is 9.47 Å². The number of carbonyl (C=O) groups excluding carboxylic acids is 1. The quantitative estimate of drug-likeness (QED) is 0.563. The maximum Gasteiger partial charge on any atom is 0.251 e. The van der Waals surface area contributed by atoms with Crippen molar-refractivity contribution in [3.63, 3.8) is 0 Å². The van der Waals surface area contributed by atoms with E-state index in [1.807, 2.05) is 0 Å². The monoisotopic (exact) mass is 386 g/mol. The first-order chi connectivity index (χ1) is 12.3. The lowest BCUT2D eigenvalue weighted by Gasteiger charge is -2.27. The molecule has 0 unspecified atom stereocenters. The van der Waals surface area contributed by atoms with Gasteiger partial charge in [-0.15, -0.1) is 0 Å². The van der Waals surface area contributed by atoms with E-state index in [2.05, 4.69) is 20.3 Å². The highest BCUT2D eigenvalue weighted by Crippen LogP contribution is 2.37. The molecule has 0 saturated carbocycles. The Balaban J connectivity index is 2.11. The molecule has 1 aliphatic rings. The van der Waals surface area contributed by atoms with E-state index < -0.39 is 10.0 Å². The molecule has 1 aliphatic heterocycles. The van der Waals surface area contributed by atoms with Gasteiger partial charge in [-0.05, 0) is 12.1 Å². The van der Waals surface area contributed by atoms with E-state index in [1.165, 1.54) is 26.4 Å². The summed E-state index contributed by atoms with van der Waals surface area (Å²) < 4.78 is 35.9. The minimum Gasteiger partial charge on any atom is -0.493 e. The lowest BCUT2D eigenvalue weighted by molar-refractivity contribution is 0.0947. The summed E-state index contributed by atoms with van der Waals surface area (Å²) in [7, 11) is -0.712. The summed E-state index contributed by atoms with van der Waals surface area (Å²) in [6, 6.07) is 2.95. The van der Waals surface area contributed by atoms with Gasteiger partial charge in [-0.3, -0.25) is 14.4 Å². The molecule has 1 amide bonds. The van der Waals surface area contributed by atoms with Crippen LogP contribution < -0.4 is 24.8 Å². The molecule has 2 rings (SSSR count). The van der Waals surface area contributed by atoms with Crippen LogP contribution >= 0.6 is 0 Å². The van der Waals surface area contributed by atoms with Gasteiger partial charge in [0.15, 0.2) is 11.5 Å². The van der Waals surface area contributed by atoms with Crippen molar-refractivity contribution in [3.05, 3.63) is 17.7 Å². The molecule has 1 fully saturated rings. The number of piperazine rings is 1. The van der Waals surface area contributed by atoms with Gasteiger partial charge in [0.25, 0.3) is 5.91 Å².